The van der Waals surface area contributed by atoms with Crippen LogP contribution in [-0.4, -0.2) is 57.6 Å². The molecule has 116 valence electrons. The fourth-order valence-electron chi connectivity index (χ4n) is 1.49. The first kappa shape index (κ1) is 17.5. The molecule has 0 radical (unpaired) electrons. The van der Waals surface area contributed by atoms with Gasteiger partial charge in [0.25, 0.3) is 10.0 Å². The molecule has 1 heterocycles. The van der Waals surface area contributed by atoms with Gasteiger partial charge in [-0.1, -0.05) is 0 Å². The van der Waals surface area contributed by atoms with Gasteiger partial charge in [0.2, 0.25) is 0 Å². The molecule has 0 unspecified atom stereocenters. The van der Waals surface area contributed by atoms with Crippen molar-refractivity contribution in [1.29, 1.82) is 5.26 Å². The summed E-state index contributed by atoms with van der Waals surface area (Å²) in [5, 5.41) is 8.63. The first-order valence-corrected chi connectivity index (χ1v) is 8.18. The maximum Gasteiger partial charge on any atom is 0.358 e. The maximum absolute atomic E-state index is 12.6. The minimum absolute atomic E-state index is 0.0146. The van der Waals surface area contributed by atoms with Crippen LogP contribution in [0.25, 0.3) is 0 Å². The van der Waals surface area contributed by atoms with Crippen LogP contribution in [0.5, 0.6) is 0 Å². The van der Waals surface area contributed by atoms with Crippen LogP contribution in [0.2, 0.25) is 0 Å². The highest BCUT2D eigenvalue weighted by atomic mass is 32.2. The Labute approximate surface area is 127 Å². The van der Waals surface area contributed by atoms with Crippen molar-refractivity contribution >= 4 is 27.3 Å². The average Bonchev–Trinajstić information content (AvgIpc) is 2.96. The highest BCUT2D eigenvalue weighted by Gasteiger charge is 2.31. The summed E-state index contributed by atoms with van der Waals surface area (Å²) in [4.78, 5) is 15.3. The molecule has 1 aromatic rings. The van der Waals surface area contributed by atoms with Gasteiger partial charge in [-0.05, 0) is 0 Å². The molecule has 0 saturated carbocycles. The Morgan fingerprint density at radius 1 is 1.48 bits per heavy atom. The van der Waals surface area contributed by atoms with Gasteiger partial charge < -0.3 is 9.47 Å². The van der Waals surface area contributed by atoms with Crippen LogP contribution in [-0.2, 0) is 19.5 Å². The third-order valence-corrected chi connectivity index (χ3v) is 5.75. The number of methoxy groups -OCH3 is 2. The number of carbonyl (C=O) groups excluding carboxylic acids is 1. The normalized spacial score (nSPS) is 11.3. The molecule has 0 atom stereocenters. The molecule has 8 nitrogen and oxygen atoms in total. The van der Waals surface area contributed by atoms with Gasteiger partial charge in [0, 0.05) is 26.6 Å². The third-order valence-electron chi connectivity index (χ3n) is 2.51. The molecule has 0 aliphatic rings. The van der Waals surface area contributed by atoms with E-state index in [1.165, 1.54) is 12.6 Å². The molecule has 0 aliphatic heterocycles. The summed E-state index contributed by atoms with van der Waals surface area (Å²) in [5.74, 6) is -0.818. The van der Waals surface area contributed by atoms with Crippen LogP contribution in [0.15, 0.2) is 9.72 Å². The minimum atomic E-state index is -3.93. The monoisotopic (exact) mass is 333 g/mol. The predicted octanol–water partition coefficient (Wildman–Crippen LogP) is 0.480. The predicted molar refractivity (Wildman–Crippen MR) is 74.3 cm³/mol. The molecule has 10 heteroatoms. The number of nitrogens with zero attached hydrogens (tertiary/aromatic N) is 3. The number of hydrogen-bond donors (Lipinski definition) is 0. The number of rotatable bonds is 8. The molecule has 0 bridgehead atoms. The molecule has 0 spiro atoms. The van der Waals surface area contributed by atoms with Crippen molar-refractivity contribution < 1.29 is 22.7 Å². The van der Waals surface area contributed by atoms with Crippen molar-refractivity contribution in [3.63, 3.8) is 0 Å². The fourth-order valence-corrected chi connectivity index (χ4v) is 4.18. The van der Waals surface area contributed by atoms with Gasteiger partial charge in [-0.2, -0.15) is 9.57 Å². The van der Waals surface area contributed by atoms with Gasteiger partial charge >= 0.3 is 5.97 Å². The van der Waals surface area contributed by atoms with Crippen LogP contribution in [0, 0.1) is 11.3 Å². The van der Waals surface area contributed by atoms with E-state index < -0.39 is 16.0 Å². The van der Waals surface area contributed by atoms with Crippen LogP contribution in [0.3, 0.4) is 0 Å². The summed E-state index contributed by atoms with van der Waals surface area (Å²) in [6.45, 7) is 0.275. The standard InChI is InChI=1S/C11H15N3O5S2/c1-18-7-6-14(5-3-4-12)21(16,17)11-9(10(15)19-2)13-8-20-11/h8H,3,5-7H2,1-2H3. The van der Waals surface area contributed by atoms with E-state index in [9.17, 15) is 13.2 Å². The lowest BCUT2D eigenvalue weighted by Crippen LogP contribution is -2.35. The summed E-state index contributed by atoms with van der Waals surface area (Å²) in [7, 11) is -1.34. The Bertz CT molecular complexity index is 620. The number of hydrogen-bond acceptors (Lipinski definition) is 8. The summed E-state index contributed by atoms with van der Waals surface area (Å²) in [6.07, 6.45) is 0.0370. The van der Waals surface area contributed by atoms with E-state index >= 15 is 0 Å². The van der Waals surface area contributed by atoms with Gasteiger partial charge in [-0.3, -0.25) is 0 Å². The van der Waals surface area contributed by atoms with Crippen molar-refractivity contribution in [1.82, 2.24) is 9.29 Å². The van der Waals surface area contributed by atoms with Crippen LogP contribution < -0.4 is 0 Å². The van der Waals surface area contributed by atoms with E-state index in [1.807, 2.05) is 6.07 Å². The molecular weight excluding hydrogens is 318 g/mol. The Hall–Kier alpha value is -1.54. The highest BCUT2D eigenvalue weighted by Crippen LogP contribution is 2.24. The average molecular weight is 333 g/mol. The molecule has 21 heavy (non-hydrogen) atoms. The summed E-state index contributed by atoms with van der Waals surface area (Å²) in [5.41, 5.74) is 1.01. The van der Waals surface area contributed by atoms with E-state index in [2.05, 4.69) is 9.72 Å². The SMILES string of the molecule is COCCN(CCC#N)S(=O)(=O)c1scnc1C(=O)OC. The number of esters is 1. The molecule has 1 aromatic heterocycles. The van der Waals surface area contributed by atoms with Crippen molar-refractivity contribution in [2.24, 2.45) is 0 Å². The fraction of sp³-hybridized carbons (Fsp3) is 0.545. The van der Waals surface area contributed by atoms with E-state index in [0.717, 1.165) is 22.8 Å². The first-order valence-electron chi connectivity index (χ1n) is 5.86. The topological polar surface area (TPSA) is 110 Å². The summed E-state index contributed by atoms with van der Waals surface area (Å²) < 4.78 is 35.4. The Kier molecular flexibility index (Phi) is 6.70. The quantitative estimate of drug-likeness (QED) is 0.636. The zero-order valence-electron chi connectivity index (χ0n) is 11.6. The largest absolute Gasteiger partial charge is 0.464 e. The van der Waals surface area contributed by atoms with Crippen molar-refractivity contribution in [2.45, 2.75) is 10.6 Å². The summed E-state index contributed by atoms with van der Waals surface area (Å²) in [6, 6.07) is 1.89. The number of ether oxygens (including phenoxy) is 2. The first-order chi connectivity index (χ1) is 9.98. The Balaban J connectivity index is 3.13. The second kappa shape index (κ2) is 8.04. The van der Waals surface area contributed by atoms with Gasteiger partial charge in [0.1, 0.15) is 0 Å². The van der Waals surface area contributed by atoms with E-state index in [1.54, 1.807) is 0 Å². The van der Waals surface area contributed by atoms with Crippen LogP contribution in [0.4, 0.5) is 0 Å². The molecule has 0 fully saturated rings. The zero-order chi connectivity index (χ0) is 15.9. The number of carbonyl (C=O) groups is 1. The number of thiazole rings is 1. The smallest absolute Gasteiger partial charge is 0.358 e. The molecule has 0 saturated heterocycles. The zero-order valence-corrected chi connectivity index (χ0v) is 13.2. The molecule has 0 aromatic carbocycles. The lowest BCUT2D eigenvalue weighted by molar-refractivity contribution is 0.0590. The Morgan fingerprint density at radius 3 is 2.76 bits per heavy atom. The van der Waals surface area contributed by atoms with E-state index in [4.69, 9.17) is 10.00 Å². The van der Waals surface area contributed by atoms with Crippen LogP contribution >= 0.6 is 11.3 Å². The Morgan fingerprint density at radius 2 is 2.19 bits per heavy atom. The second-order valence-corrected chi connectivity index (χ2v) is 6.77. The molecular formula is C11H15N3O5S2. The van der Waals surface area contributed by atoms with Gasteiger partial charge in [0.15, 0.2) is 9.90 Å². The lowest BCUT2D eigenvalue weighted by Gasteiger charge is -2.20. The van der Waals surface area contributed by atoms with E-state index in [-0.39, 0.29) is 36.0 Å². The molecule has 0 amide bonds. The maximum atomic E-state index is 12.6. The number of sulfonamides is 1. The highest BCUT2D eigenvalue weighted by molar-refractivity contribution is 7.91. The van der Waals surface area contributed by atoms with E-state index in [0.29, 0.717) is 0 Å². The van der Waals surface area contributed by atoms with Crippen molar-refractivity contribution in [2.75, 3.05) is 33.9 Å². The van der Waals surface area contributed by atoms with Crippen molar-refractivity contribution in [3.8, 4) is 6.07 Å². The third kappa shape index (κ3) is 4.21. The van der Waals surface area contributed by atoms with Crippen molar-refractivity contribution in [3.05, 3.63) is 11.2 Å². The van der Waals surface area contributed by atoms with Gasteiger partial charge in [-0.15, -0.1) is 11.3 Å². The number of aromatic nitrogens is 1. The number of nitriles is 1. The van der Waals surface area contributed by atoms with Gasteiger partial charge in [0.05, 0.1) is 25.3 Å². The minimum Gasteiger partial charge on any atom is -0.464 e. The molecule has 0 N–H and O–H groups in total. The molecule has 0 aliphatic carbocycles. The molecule has 1 rings (SSSR count). The second-order valence-electron chi connectivity index (χ2n) is 3.79. The van der Waals surface area contributed by atoms with Gasteiger partial charge in [-0.25, -0.2) is 18.2 Å². The summed E-state index contributed by atoms with van der Waals surface area (Å²) >= 11 is 0.830. The lowest BCUT2D eigenvalue weighted by atomic mass is 10.4. The van der Waals surface area contributed by atoms with Crippen LogP contribution in [0.1, 0.15) is 16.9 Å².